The topological polar surface area (TPSA) is 15.5 Å². The minimum atomic E-state index is 0.797. The molecule has 1 heterocycles. The van der Waals surface area contributed by atoms with Gasteiger partial charge < -0.3 is 4.74 Å². The molecule has 1 aliphatic heterocycles. The standard InChI is InChI=1S/C19H39N2O/c1-4-7-9-10-11-12-13-17-22-18-21-16-15-20(6-3)19(21)14-8-5-2/h4-18H2,1-3H3/q+1. The number of hydrogen-bond donors (Lipinski definition) is 0. The zero-order valence-corrected chi connectivity index (χ0v) is 15.4. The van der Waals surface area contributed by atoms with Gasteiger partial charge in [0.05, 0.1) is 13.2 Å². The lowest BCUT2D eigenvalue weighted by Gasteiger charge is -2.11. The number of amidine groups is 1. The Labute approximate surface area is 138 Å². The lowest BCUT2D eigenvalue weighted by atomic mass is 10.1. The molecule has 0 aromatic heterocycles. The summed E-state index contributed by atoms with van der Waals surface area (Å²) in [6, 6.07) is 0. The fourth-order valence-corrected chi connectivity index (χ4v) is 3.17. The Morgan fingerprint density at radius 3 is 2.27 bits per heavy atom. The minimum absolute atomic E-state index is 0.797. The van der Waals surface area contributed by atoms with E-state index < -0.39 is 0 Å². The molecule has 1 aliphatic rings. The third kappa shape index (κ3) is 7.62. The van der Waals surface area contributed by atoms with Crippen LogP contribution in [0.2, 0.25) is 0 Å². The summed E-state index contributed by atoms with van der Waals surface area (Å²) >= 11 is 0. The van der Waals surface area contributed by atoms with Crippen LogP contribution in [0, 0.1) is 0 Å². The molecule has 0 aromatic rings. The Hall–Kier alpha value is -0.570. The molecule has 3 heteroatoms. The van der Waals surface area contributed by atoms with Crippen molar-refractivity contribution in [3.05, 3.63) is 0 Å². The van der Waals surface area contributed by atoms with E-state index in [1.54, 1.807) is 0 Å². The van der Waals surface area contributed by atoms with E-state index in [4.69, 9.17) is 4.74 Å². The summed E-state index contributed by atoms with van der Waals surface area (Å²) in [4.78, 5) is 2.52. The van der Waals surface area contributed by atoms with E-state index in [1.807, 2.05) is 0 Å². The Morgan fingerprint density at radius 2 is 1.59 bits per heavy atom. The Morgan fingerprint density at radius 1 is 0.909 bits per heavy atom. The van der Waals surface area contributed by atoms with Gasteiger partial charge in [-0.3, -0.25) is 4.90 Å². The number of nitrogens with zero attached hydrogens (tertiary/aromatic N) is 2. The maximum absolute atomic E-state index is 5.93. The van der Waals surface area contributed by atoms with E-state index in [2.05, 4.69) is 30.2 Å². The van der Waals surface area contributed by atoms with Crippen molar-refractivity contribution in [1.29, 1.82) is 0 Å². The van der Waals surface area contributed by atoms with Crippen LogP contribution in [0.15, 0.2) is 0 Å². The molecule has 22 heavy (non-hydrogen) atoms. The second kappa shape index (κ2) is 12.9. The second-order valence-corrected chi connectivity index (χ2v) is 6.52. The van der Waals surface area contributed by atoms with Crippen molar-refractivity contribution < 1.29 is 9.31 Å². The van der Waals surface area contributed by atoms with Crippen LogP contribution in [0.5, 0.6) is 0 Å². The normalized spacial score (nSPS) is 15.1. The Bertz CT molecular complexity index is 302. The van der Waals surface area contributed by atoms with Crippen LogP contribution < -0.4 is 0 Å². The first-order valence-corrected chi connectivity index (χ1v) is 9.76. The van der Waals surface area contributed by atoms with E-state index in [1.165, 1.54) is 76.6 Å². The summed E-state index contributed by atoms with van der Waals surface area (Å²) in [5.41, 5.74) is 0. The van der Waals surface area contributed by atoms with Crippen molar-refractivity contribution in [1.82, 2.24) is 4.90 Å². The van der Waals surface area contributed by atoms with Gasteiger partial charge in [0.2, 0.25) is 5.84 Å². The summed E-state index contributed by atoms with van der Waals surface area (Å²) < 4.78 is 8.39. The van der Waals surface area contributed by atoms with E-state index in [0.717, 1.165) is 26.4 Å². The molecule has 0 unspecified atom stereocenters. The summed E-state index contributed by atoms with van der Waals surface area (Å²) in [6.45, 7) is 12.0. The number of unbranched alkanes of at least 4 members (excludes halogenated alkanes) is 7. The monoisotopic (exact) mass is 311 g/mol. The van der Waals surface area contributed by atoms with Crippen LogP contribution >= 0.6 is 0 Å². The first-order valence-electron chi connectivity index (χ1n) is 9.76. The molecule has 0 N–H and O–H groups in total. The zero-order valence-electron chi connectivity index (χ0n) is 15.4. The van der Waals surface area contributed by atoms with E-state index >= 15 is 0 Å². The first kappa shape index (κ1) is 19.5. The van der Waals surface area contributed by atoms with Gasteiger partial charge in [-0.2, -0.15) is 0 Å². The van der Waals surface area contributed by atoms with Crippen molar-refractivity contribution in [2.75, 3.05) is 33.0 Å². The number of ether oxygens (including phenoxy) is 1. The van der Waals surface area contributed by atoms with Gasteiger partial charge in [-0.15, -0.1) is 0 Å². The molecule has 0 bridgehead atoms. The van der Waals surface area contributed by atoms with E-state index in [-0.39, 0.29) is 0 Å². The van der Waals surface area contributed by atoms with Gasteiger partial charge >= 0.3 is 0 Å². The van der Waals surface area contributed by atoms with Crippen molar-refractivity contribution in [3.63, 3.8) is 0 Å². The molecular weight excluding hydrogens is 272 g/mol. The SMILES string of the molecule is CCCCCCCCCOC[N+]1=C(CCCC)N(CC)CC1. The Balaban J connectivity index is 2.13. The van der Waals surface area contributed by atoms with Crippen molar-refractivity contribution in [2.45, 2.75) is 85.0 Å². The molecule has 0 fully saturated rings. The predicted octanol–water partition coefficient (Wildman–Crippen LogP) is 4.65. The Kier molecular flexibility index (Phi) is 11.4. The van der Waals surface area contributed by atoms with Gasteiger partial charge in [-0.1, -0.05) is 58.8 Å². The molecule has 1 rings (SSSR count). The van der Waals surface area contributed by atoms with Gasteiger partial charge in [0.25, 0.3) is 0 Å². The molecule has 0 amide bonds. The molecule has 0 saturated heterocycles. The number of likely N-dealkylation sites (N-methyl/N-ethyl adjacent to an activating group) is 1. The van der Waals surface area contributed by atoms with Crippen LogP contribution in [0.25, 0.3) is 0 Å². The smallest absolute Gasteiger partial charge is 0.248 e. The summed E-state index contributed by atoms with van der Waals surface area (Å²) in [7, 11) is 0. The van der Waals surface area contributed by atoms with Crippen LogP contribution in [0.3, 0.4) is 0 Å². The van der Waals surface area contributed by atoms with Gasteiger partial charge in [0.15, 0.2) is 6.73 Å². The van der Waals surface area contributed by atoms with Crippen LogP contribution in [0.1, 0.15) is 85.0 Å². The quantitative estimate of drug-likeness (QED) is 0.343. The summed E-state index contributed by atoms with van der Waals surface area (Å²) in [6.07, 6.45) is 13.3. The van der Waals surface area contributed by atoms with Gasteiger partial charge in [0, 0.05) is 6.42 Å². The van der Waals surface area contributed by atoms with Crippen molar-refractivity contribution in [3.8, 4) is 0 Å². The average Bonchev–Trinajstić information content (AvgIpc) is 2.93. The summed E-state index contributed by atoms with van der Waals surface area (Å²) in [5, 5.41) is 0. The number of rotatable bonds is 14. The highest BCUT2D eigenvalue weighted by atomic mass is 16.5. The zero-order chi connectivity index (χ0) is 16.0. The fourth-order valence-electron chi connectivity index (χ4n) is 3.17. The first-order chi connectivity index (χ1) is 10.8. The van der Waals surface area contributed by atoms with E-state index in [0.29, 0.717) is 0 Å². The molecule has 130 valence electrons. The predicted molar refractivity (Wildman–Crippen MR) is 95.7 cm³/mol. The second-order valence-electron chi connectivity index (χ2n) is 6.52. The third-order valence-corrected chi connectivity index (χ3v) is 4.64. The van der Waals surface area contributed by atoms with Crippen LogP contribution in [0.4, 0.5) is 0 Å². The largest absolute Gasteiger partial charge is 0.342 e. The molecule has 3 nitrogen and oxygen atoms in total. The van der Waals surface area contributed by atoms with Crippen LogP contribution in [-0.4, -0.2) is 48.3 Å². The highest BCUT2D eigenvalue weighted by Gasteiger charge is 2.28. The van der Waals surface area contributed by atoms with Crippen molar-refractivity contribution in [2.24, 2.45) is 0 Å². The van der Waals surface area contributed by atoms with Gasteiger partial charge in [-0.25, -0.2) is 4.58 Å². The average molecular weight is 312 g/mol. The van der Waals surface area contributed by atoms with E-state index in [9.17, 15) is 0 Å². The molecule has 0 radical (unpaired) electrons. The lowest BCUT2D eigenvalue weighted by molar-refractivity contribution is -0.560. The van der Waals surface area contributed by atoms with Crippen molar-refractivity contribution >= 4 is 5.84 Å². The maximum Gasteiger partial charge on any atom is 0.248 e. The highest BCUT2D eigenvalue weighted by Crippen LogP contribution is 2.10. The third-order valence-electron chi connectivity index (χ3n) is 4.64. The molecule has 0 atom stereocenters. The molecule has 0 spiro atoms. The minimum Gasteiger partial charge on any atom is -0.342 e. The lowest BCUT2D eigenvalue weighted by Crippen LogP contribution is -2.29. The molecular formula is C19H39N2O+. The molecule has 0 saturated carbocycles. The number of hydrogen-bond acceptors (Lipinski definition) is 2. The fraction of sp³-hybridized carbons (Fsp3) is 0.947. The molecule has 0 aliphatic carbocycles. The van der Waals surface area contributed by atoms with Gasteiger partial charge in [-0.05, 0) is 19.8 Å². The summed E-state index contributed by atoms with van der Waals surface area (Å²) in [5.74, 6) is 1.52. The van der Waals surface area contributed by atoms with Gasteiger partial charge in [0.1, 0.15) is 13.1 Å². The highest BCUT2D eigenvalue weighted by molar-refractivity contribution is 5.78. The van der Waals surface area contributed by atoms with Crippen LogP contribution in [-0.2, 0) is 4.74 Å². The molecule has 0 aromatic carbocycles. The maximum atomic E-state index is 5.93.